The number of rotatable bonds is 4. The Labute approximate surface area is 57.8 Å². The highest BCUT2D eigenvalue weighted by atomic mass is 16.5. The van der Waals surface area contributed by atoms with Crippen molar-refractivity contribution in [2.45, 2.75) is 13.0 Å². The van der Waals surface area contributed by atoms with Crippen molar-refractivity contribution in [2.75, 3.05) is 6.61 Å². The Bertz CT molecular complexity index is 145. The zero-order valence-corrected chi connectivity index (χ0v) is 5.53. The molecule has 0 spiro atoms. The van der Waals surface area contributed by atoms with Crippen molar-refractivity contribution in [1.82, 2.24) is 0 Å². The Morgan fingerprint density at radius 1 is 1.70 bits per heavy atom. The maximum Gasteiger partial charge on any atom is 0.332 e. The zero-order valence-electron chi connectivity index (χ0n) is 5.53. The molecule has 0 bridgehead atoms. The smallest absolute Gasteiger partial charge is 0.332 e. The normalized spacial score (nSPS) is 12.5. The van der Waals surface area contributed by atoms with Crippen molar-refractivity contribution in [3.05, 3.63) is 0 Å². The van der Waals surface area contributed by atoms with Crippen LogP contribution in [0.15, 0.2) is 0 Å². The first-order valence-electron chi connectivity index (χ1n) is 2.66. The lowest BCUT2D eigenvalue weighted by Gasteiger charge is -2.04. The number of carbonyl (C=O) groups is 2. The van der Waals surface area contributed by atoms with Crippen LogP contribution >= 0.6 is 0 Å². The molecule has 0 saturated heterocycles. The van der Waals surface area contributed by atoms with Gasteiger partial charge in [-0.2, -0.15) is 0 Å². The summed E-state index contributed by atoms with van der Waals surface area (Å²) < 4.78 is 4.49. The van der Waals surface area contributed by atoms with Crippen LogP contribution in [0.25, 0.3) is 0 Å². The first kappa shape index (κ1) is 8.90. The molecule has 0 aliphatic rings. The minimum atomic E-state index is -1.11. The van der Waals surface area contributed by atoms with Gasteiger partial charge in [0.1, 0.15) is 6.61 Å². The lowest BCUT2D eigenvalue weighted by molar-refractivity contribution is -0.150. The van der Waals surface area contributed by atoms with Crippen molar-refractivity contribution < 1.29 is 19.4 Å². The third-order valence-corrected chi connectivity index (χ3v) is 0.823. The lowest BCUT2D eigenvalue weighted by Crippen LogP contribution is -2.26. The molecule has 0 aromatic carbocycles. The van der Waals surface area contributed by atoms with Crippen LogP contribution in [0.4, 0.5) is 0 Å². The van der Waals surface area contributed by atoms with E-state index in [0.717, 1.165) is 0 Å². The minimum Gasteiger partial charge on any atom is -0.479 e. The predicted octanol–water partition coefficient (Wildman–Crippen LogP) is -1.04. The fourth-order valence-corrected chi connectivity index (χ4v) is 0.278. The van der Waals surface area contributed by atoms with Crippen LogP contribution in [-0.4, -0.2) is 29.7 Å². The number of hydrogen-bond acceptors (Lipinski definition) is 3. The van der Waals surface area contributed by atoms with Crippen molar-refractivity contribution >= 4 is 11.9 Å². The van der Waals surface area contributed by atoms with Crippen molar-refractivity contribution in [1.29, 1.82) is 0 Å². The molecule has 0 aromatic heterocycles. The third-order valence-electron chi connectivity index (χ3n) is 0.823. The Kier molecular flexibility index (Phi) is 3.42. The van der Waals surface area contributed by atoms with Gasteiger partial charge in [0.25, 0.3) is 0 Å². The topological polar surface area (TPSA) is 89.6 Å². The van der Waals surface area contributed by atoms with Gasteiger partial charge in [-0.1, -0.05) is 0 Å². The molecule has 0 heterocycles. The van der Waals surface area contributed by atoms with Gasteiger partial charge < -0.3 is 15.6 Å². The Morgan fingerprint density at radius 2 is 2.20 bits per heavy atom. The molecular formula is C5H9NO4. The quantitative estimate of drug-likeness (QED) is 0.531. The first-order chi connectivity index (χ1) is 4.54. The number of carbonyl (C=O) groups excluding carboxylic acids is 1. The molecule has 3 N–H and O–H groups in total. The third kappa shape index (κ3) is 3.85. The molecule has 0 unspecified atom stereocenters. The number of hydrogen-bond donors (Lipinski definition) is 2. The fourth-order valence-electron chi connectivity index (χ4n) is 0.278. The first-order valence-corrected chi connectivity index (χ1v) is 2.66. The van der Waals surface area contributed by atoms with Gasteiger partial charge >= 0.3 is 5.97 Å². The van der Waals surface area contributed by atoms with Crippen LogP contribution in [0.1, 0.15) is 6.92 Å². The SMILES string of the molecule is C[C@H](OCC(N)=O)C(=O)O. The molecule has 0 saturated carbocycles. The van der Waals surface area contributed by atoms with Crippen LogP contribution in [0.3, 0.4) is 0 Å². The van der Waals surface area contributed by atoms with E-state index in [4.69, 9.17) is 5.11 Å². The maximum atomic E-state index is 10.0. The van der Waals surface area contributed by atoms with E-state index in [0.29, 0.717) is 0 Å². The minimum absolute atomic E-state index is 0.354. The summed E-state index contributed by atoms with van der Waals surface area (Å²) in [6.45, 7) is 0.971. The average molecular weight is 147 g/mol. The van der Waals surface area contributed by atoms with Gasteiger partial charge in [-0.15, -0.1) is 0 Å². The van der Waals surface area contributed by atoms with Gasteiger partial charge in [0.2, 0.25) is 5.91 Å². The number of aliphatic carboxylic acids is 1. The van der Waals surface area contributed by atoms with E-state index in [9.17, 15) is 9.59 Å². The molecule has 58 valence electrons. The highest BCUT2D eigenvalue weighted by Crippen LogP contribution is 1.88. The van der Waals surface area contributed by atoms with E-state index in [2.05, 4.69) is 10.5 Å². The number of carboxylic acid groups (broad SMARTS) is 1. The second kappa shape index (κ2) is 3.84. The molecule has 5 nitrogen and oxygen atoms in total. The van der Waals surface area contributed by atoms with Crippen LogP contribution < -0.4 is 5.73 Å². The van der Waals surface area contributed by atoms with Gasteiger partial charge in [-0.3, -0.25) is 4.79 Å². The van der Waals surface area contributed by atoms with Crippen molar-refractivity contribution in [3.63, 3.8) is 0 Å². The van der Waals surface area contributed by atoms with Gasteiger partial charge in [-0.25, -0.2) is 4.79 Å². The predicted molar refractivity (Wildman–Crippen MR) is 32.2 cm³/mol. The number of ether oxygens (including phenoxy) is 1. The molecule has 1 amide bonds. The van der Waals surface area contributed by atoms with Crippen LogP contribution in [0, 0.1) is 0 Å². The molecule has 0 aliphatic heterocycles. The number of primary amides is 1. The summed E-state index contributed by atoms with van der Waals surface area (Å²) >= 11 is 0. The Balaban J connectivity index is 3.49. The number of amides is 1. The maximum absolute atomic E-state index is 10.0. The second-order valence-electron chi connectivity index (χ2n) is 1.76. The average Bonchev–Trinajstić information content (AvgIpc) is 1.82. The summed E-state index contributed by atoms with van der Waals surface area (Å²) in [6, 6.07) is 0. The van der Waals surface area contributed by atoms with Gasteiger partial charge in [-0.05, 0) is 6.92 Å². The van der Waals surface area contributed by atoms with Gasteiger partial charge in [0.05, 0.1) is 0 Å². The highest BCUT2D eigenvalue weighted by Gasteiger charge is 2.11. The number of nitrogens with two attached hydrogens (primary N) is 1. The van der Waals surface area contributed by atoms with E-state index in [-0.39, 0.29) is 6.61 Å². The lowest BCUT2D eigenvalue weighted by atomic mass is 10.4. The molecule has 1 atom stereocenters. The monoisotopic (exact) mass is 147 g/mol. The molecular weight excluding hydrogens is 138 g/mol. The summed E-state index contributed by atoms with van der Waals surface area (Å²) in [7, 11) is 0. The van der Waals surface area contributed by atoms with E-state index in [1.807, 2.05) is 0 Å². The van der Waals surface area contributed by atoms with E-state index < -0.39 is 18.0 Å². The van der Waals surface area contributed by atoms with Crippen LogP contribution in [-0.2, 0) is 14.3 Å². The van der Waals surface area contributed by atoms with Crippen LogP contribution in [0.2, 0.25) is 0 Å². The molecule has 0 aliphatic carbocycles. The summed E-state index contributed by atoms with van der Waals surface area (Å²) in [5.41, 5.74) is 4.68. The summed E-state index contributed by atoms with van der Waals surface area (Å²) in [4.78, 5) is 20.1. The van der Waals surface area contributed by atoms with Gasteiger partial charge in [0.15, 0.2) is 6.10 Å². The molecule has 0 aromatic rings. The Morgan fingerprint density at radius 3 is 2.50 bits per heavy atom. The second-order valence-corrected chi connectivity index (χ2v) is 1.76. The molecule has 0 radical (unpaired) electrons. The Hall–Kier alpha value is -1.10. The summed E-state index contributed by atoms with van der Waals surface area (Å²) in [5.74, 6) is -1.78. The largest absolute Gasteiger partial charge is 0.479 e. The van der Waals surface area contributed by atoms with E-state index in [1.54, 1.807) is 0 Å². The molecule has 0 fully saturated rings. The molecule has 5 heteroatoms. The van der Waals surface area contributed by atoms with E-state index >= 15 is 0 Å². The standard InChI is InChI=1S/C5H9NO4/c1-3(5(8)9)10-2-4(6)7/h3H,2H2,1H3,(H2,6,7)(H,8,9)/t3-/m0/s1. The van der Waals surface area contributed by atoms with Gasteiger partial charge in [0, 0.05) is 0 Å². The fraction of sp³-hybridized carbons (Fsp3) is 0.600. The van der Waals surface area contributed by atoms with E-state index in [1.165, 1.54) is 6.92 Å². The van der Waals surface area contributed by atoms with Crippen molar-refractivity contribution in [3.8, 4) is 0 Å². The zero-order chi connectivity index (χ0) is 8.15. The van der Waals surface area contributed by atoms with Crippen molar-refractivity contribution in [2.24, 2.45) is 5.73 Å². The highest BCUT2D eigenvalue weighted by molar-refractivity contribution is 5.76. The summed E-state index contributed by atoms with van der Waals surface area (Å²) in [6.07, 6.45) is -0.979. The number of carboxylic acids is 1. The molecule has 0 rings (SSSR count). The van der Waals surface area contributed by atoms with Crippen LogP contribution in [0.5, 0.6) is 0 Å². The molecule has 10 heavy (non-hydrogen) atoms. The summed E-state index contributed by atoms with van der Waals surface area (Å²) in [5, 5.41) is 8.22.